The maximum atomic E-state index is 14.5. The first kappa shape index (κ1) is 22.0. The zero-order chi connectivity index (χ0) is 23.8. The van der Waals surface area contributed by atoms with Crippen LogP contribution in [0.2, 0.25) is 5.02 Å². The number of carbonyl (C=O) groups is 2. The van der Waals surface area contributed by atoms with Crippen LogP contribution in [0.15, 0.2) is 54.6 Å². The number of fused-ring (bicyclic) bond motifs is 2. The van der Waals surface area contributed by atoms with Crippen LogP contribution >= 0.6 is 11.6 Å². The van der Waals surface area contributed by atoms with E-state index in [2.05, 4.69) is 5.32 Å². The molecule has 0 radical (unpaired) electrons. The van der Waals surface area contributed by atoms with Gasteiger partial charge >= 0.3 is 6.03 Å². The van der Waals surface area contributed by atoms with Gasteiger partial charge in [-0.15, -0.1) is 0 Å². The van der Waals surface area contributed by atoms with Crippen molar-refractivity contribution in [1.82, 2.24) is 10.2 Å². The van der Waals surface area contributed by atoms with Crippen molar-refractivity contribution in [2.24, 2.45) is 0 Å². The van der Waals surface area contributed by atoms with Crippen LogP contribution in [0.3, 0.4) is 0 Å². The fourth-order valence-electron chi connectivity index (χ4n) is 4.12. The molecule has 0 saturated carbocycles. The molecule has 2 aliphatic heterocycles. The van der Waals surface area contributed by atoms with E-state index in [4.69, 9.17) is 21.1 Å². The monoisotopic (exact) mass is 481 g/mol. The van der Waals surface area contributed by atoms with Crippen LogP contribution in [0.1, 0.15) is 27.0 Å². The van der Waals surface area contributed by atoms with Gasteiger partial charge in [0.1, 0.15) is 5.82 Å². The van der Waals surface area contributed by atoms with Gasteiger partial charge in [0.25, 0.3) is 5.91 Å². The third-order valence-electron chi connectivity index (χ3n) is 5.90. The Bertz CT molecular complexity index is 1280. The van der Waals surface area contributed by atoms with Crippen molar-refractivity contribution >= 4 is 29.2 Å². The van der Waals surface area contributed by atoms with E-state index in [1.54, 1.807) is 31.3 Å². The van der Waals surface area contributed by atoms with Crippen LogP contribution in [0.4, 0.5) is 14.9 Å². The summed E-state index contributed by atoms with van der Waals surface area (Å²) in [4.78, 5) is 28.9. The highest BCUT2D eigenvalue weighted by Gasteiger charge is 2.30. The lowest BCUT2D eigenvalue weighted by atomic mass is 10.0. The zero-order valence-electron chi connectivity index (χ0n) is 18.3. The Kier molecular flexibility index (Phi) is 5.75. The van der Waals surface area contributed by atoms with Gasteiger partial charge in [0.15, 0.2) is 11.5 Å². The number of benzene rings is 3. The second kappa shape index (κ2) is 8.87. The largest absolute Gasteiger partial charge is 0.454 e. The molecule has 3 aromatic carbocycles. The van der Waals surface area contributed by atoms with Crippen molar-refractivity contribution in [3.05, 3.63) is 87.7 Å². The Hall–Kier alpha value is -3.78. The number of halogens is 2. The third-order valence-corrected chi connectivity index (χ3v) is 6.25. The van der Waals surface area contributed by atoms with Gasteiger partial charge in [0.2, 0.25) is 6.79 Å². The Morgan fingerprint density at radius 2 is 1.97 bits per heavy atom. The molecule has 0 fully saturated rings. The van der Waals surface area contributed by atoms with Gasteiger partial charge in [-0.25, -0.2) is 9.18 Å². The molecule has 0 spiro atoms. The maximum Gasteiger partial charge on any atom is 0.324 e. The number of hydrogen-bond donors (Lipinski definition) is 1. The average molecular weight is 482 g/mol. The van der Waals surface area contributed by atoms with Gasteiger partial charge < -0.3 is 19.7 Å². The van der Waals surface area contributed by atoms with Crippen LogP contribution in [0.25, 0.3) is 0 Å². The van der Waals surface area contributed by atoms with Crippen LogP contribution in [0, 0.1) is 5.82 Å². The number of ether oxygens (including phenoxy) is 2. The molecule has 3 amide bonds. The predicted molar refractivity (Wildman–Crippen MR) is 125 cm³/mol. The molecule has 1 N–H and O–H groups in total. The molecule has 34 heavy (non-hydrogen) atoms. The molecule has 0 atom stereocenters. The number of nitrogens with one attached hydrogen (secondary N) is 1. The molecule has 7 nitrogen and oxygen atoms in total. The molecule has 5 rings (SSSR count). The second-order valence-electron chi connectivity index (χ2n) is 8.10. The van der Waals surface area contributed by atoms with Crippen LogP contribution < -0.4 is 19.7 Å². The Labute approximate surface area is 200 Å². The number of anilines is 1. The lowest BCUT2D eigenvalue weighted by Gasteiger charge is -2.35. The quantitative estimate of drug-likeness (QED) is 0.573. The number of urea groups is 1. The summed E-state index contributed by atoms with van der Waals surface area (Å²) in [5, 5.41) is 3.12. The van der Waals surface area contributed by atoms with Gasteiger partial charge in [-0.05, 0) is 35.9 Å². The van der Waals surface area contributed by atoms with Gasteiger partial charge in [-0.1, -0.05) is 35.9 Å². The number of hydrogen-bond acceptors (Lipinski definition) is 4. The number of carbonyl (C=O) groups excluding carboxylic acids is 2. The molecule has 0 bridgehead atoms. The van der Waals surface area contributed by atoms with Crippen molar-refractivity contribution in [3.8, 4) is 11.5 Å². The summed E-state index contributed by atoms with van der Waals surface area (Å²) in [6.07, 6.45) is 0. The normalized spacial score (nSPS) is 14.3. The molecule has 0 unspecified atom stereocenters. The topological polar surface area (TPSA) is 71.1 Å². The summed E-state index contributed by atoms with van der Waals surface area (Å²) in [6, 6.07) is 14.8. The lowest BCUT2D eigenvalue weighted by molar-refractivity contribution is 0.0950. The van der Waals surface area contributed by atoms with E-state index in [9.17, 15) is 14.0 Å². The van der Waals surface area contributed by atoms with E-state index < -0.39 is 5.82 Å². The lowest BCUT2D eigenvalue weighted by Crippen LogP contribution is -2.45. The molecule has 0 aliphatic carbocycles. The molecule has 2 heterocycles. The molecular weight excluding hydrogens is 461 g/mol. The Morgan fingerprint density at radius 3 is 2.79 bits per heavy atom. The Morgan fingerprint density at radius 1 is 1.15 bits per heavy atom. The third kappa shape index (κ3) is 4.01. The summed E-state index contributed by atoms with van der Waals surface area (Å²) in [6.45, 7) is 0.722. The maximum absolute atomic E-state index is 14.5. The highest BCUT2D eigenvalue weighted by molar-refractivity contribution is 6.31. The molecule has 9 heteroatoms. The molecule has 3 aromatic rings. The van der Waals surface area contributed by atoms with Gasteiger partial charge in [-0.3, -0.25) is 9.69 Å². The minimum Gasteiger partial charge on any atom is -0.454 e. The summed E-state index contributed by atoms with van der Waals surface area (Å²) < 4.78 is 25.3. The molecular formula is C25H21ClFN3O4. The van der Waals surface area contributed by atoms with Crippen LogP contribution in [-0.2, 0) is 19.6 Å². The van der Waals surface area contributed by atoms with E-state index in [1.165, 1.54) is 21.9 Å². The minimum atomic E-state index is -0.495. The summed E-state index contributed by atoms with van der Waals surface area (Å²) in [5.74, 6) is 0.459. The van der Waals surface area contributed by atoms with Crippen molar-refractivity contribution < 1.29 is 23.5 Å². The van der Waals surface area contributed by atoms with Crippen molar-refractivity contribution in [1.29, 1.82) is 0 Å². The fourth-order valence-corrected chi connectivity index (χ4v) is 4.35. The first-order chi connectivity index (χ1) is 16.4. The molecule has 0 aromatic heterocycles. The van der Waals surface area contributed by atoms with E-state index in [1.807, 2.05) is 18.2 Å². The van der Waals surface area contributed by atoms with Crippen LogP contribution in [0.5, 0.6) is 11.5 Å². The number of nitrogens with zero attached hydrogens (tertiary/aromatic N) is 2. The summed E-state index contributed by atoms with van der Waals surface area (Å²) >= 11 is 6.21. The fraction of sp³-hybridized carbons (Fsp3) is 0.200. The number of rotatable bonds is 5. The van der Waals surface area contributed by atoms with E-state index in [0.29, 0.717) is 29.3 Å². The van der Waals surface area contributed by atoms with E-state index >= 15 is 0 Å². The van der Waals surface area contributed by atoms with Crippen molar-refractivity contribution in [3.63, 3.8) is 0 Å². The van der Waals surface area contributed by atoms with E-state index in [-0.39, 0.29) is 42.4 Å². The zero-order valence-corrected chi connectivity index (χ0v) is 19.1. The molecule has 2 aliphatic rings. The van der Waals surface area contributed by atoms with Crippen molar-refractivity contribution in [2.45, 2.75) is 19.6 Å². The summed E-state index contributed by atoms with van der Waals surface area (Å²) in [7, 11) is 1.67. The van der Waals surface area contributed by atoms with E-state index in [0.717, 1.165) is 11.1 Å². The van der Waals surface area contributed by atoms with Crippen molar-refractivity contribution in [2.75, 3.05) is 18.7 Å². The average Bonchev–Trinajstić information content (AvgIpc) is 3.31. The SMILES string of the molecule is CN1Cc2ccc(C(=O)NCc3cccc4c3OCO4)cc2N(Cc2c(F)cccc2Cl)C1=O. The van der Waals surface area contributed by atoms with Gasteiger partial charge in [0, 0.05) is 41.9 Å². The van der Waals surface area contributed by atoms with Crippen LogP contribution in [-0.4, -0.2) is 30.7 Å². The Balaban J connectivity index is 1.40. The second-order valence-corrected chi connectivity index (χ2v) is 8.51. The highest BCUT2D eigenvalue weighted by atomic mass is 35.5. The number of amides is 3. The highest BCUT2D eigenvalue weighted by Crippen LogP contribution is 2.35. The number of para-hydroxylation sites is 1. The first-order valence-electron chi connectivity index (χ1n) is 10.7. The first-order valence-corrected chi connectivity index (χ1v) is 11.0. The molecule has 0 saturated heterocycles. The predicted octanol–water partition coefficient (Wildman–Crippen LogP) is 4.71. The molecule has 174 valence electrons. The van der Waals surface area contributed by atoms with Gasteiger partial charge in [0.05, 0.1) is 12.2 Å². The smallest absolute Gasteiger partial charge is 0.324 e. The minimum absolute atomic E-state index is 0.0553. The van der Waals surface area contributed by atoms with Gasteiger partial charge in [-0.2, -0.15) is 0 Å². The standard InChI is InChI=1S/C25H21ClFN3O4/c1-29-12-17-9-8-15(24(31)28-11-16-4-2-7-22-23(16)34-14-33-22)10-21(17)30(25(29)32)13-18-19(26)5-3-6-20(18)27/h2-10H,11-14H2,1H3,(H,28,31). The summed E-state index contributed by atoms with van der Waals surface area (Å²) in [5.41, 5.74) is 2.79.